The first-order valence-corrected chi connectivity index (χ1v) is 7.50. The standard InChI is InChI=1S/C17H22N2O2/c1-12-4-5-13-9-15(18-14(13)8-12)16(21)19-7-3-6-17(2,10-19)11-20/h4-5,8-9,18,20H,3,6-7,10-11H2,1-2H3. The van der Waals surface area contributed by atoms with E-state index in [9.17, 15) is 9.90 Å². The zero-order valence-electron chi connectivity index (χ0n) is 12.6. The molecule has 0 spiro atoms. The summed E-state index contributed by atoms with van der Waals surface area (Å²) in [6, 6.07) is 8.06. The Labute approximate surface area is 124 Å². The fourth-order valence-corrected chi connectivity index (χ4v) is 3.14. The molecule has 21 heavy (non-hydrogen) atoms. The minimum atomic E-state index is -0.170. The summed E-state index contributed by atoms with van der Waals surface area (Å²) in [5.41, 5.74) is 2.64. The number of hydrogen-bond donors (Lipinski definition) is 2. The molecule has 0 radical (unpaired) electrons. The average Bonchev–Trinajstić information content (AvgIpc) is 2.89. The summed E-state index contributed by atoms with van der Waals surface area (Å²) in [4.78, 5) is 17.8. The van der Waals surface area contributed by atoms with Crippen molar-refractivity contribution in [1.82, 2.24) is 9.88 Å². The quantitative estimate of drug-likeness (QED) is 0.892. The molecule has 3 rings (SSSR count). The highest BCUT2D eigenvalue weighted by Gasteiger charge is 2.33. The second-order valence-corrected chi connectivity index (χ2v) is 6.57. The van der Waals surface area contributed by atoms with Crippen molar-refractivity contribution < 1.29 is 9.90 Å². The third-order valence-electron chi connectivity index (χ3n) is 4.46. The Balaban J connectivity index is 1.86. The van der Waals surface area contributed by atoms with E-state index in [0.717, 1.165) is 30.3 Å². The van der Waals surface area contributed by atoms with Gasteiger partial charge in [0.2, 0.25) is 0 Å². The molecular weight excluding hydrogens is 264 g/mol. The molecule has 1 aromatic heterocycles. The maximum atomic E-state index is 12.7. The number of carbonyl (C=O) groups is 1. The van der Waals surface area contributed by atoms with Crippen molar-refractivity contribution in [1.29, 1.82) is 0 Å². The molecule has 1 unspecified atom stereocenters. The summed E-state index contributed by atoms with van der Waals surface area (Å²) in [5, 5.41) is 10.6. The van der Waals surface area contributed by atoms with Gasteiger partial charge in [-0.15, -0.1) is 0 Å². The van der Waals surface area contributed by atoms with Crippen molar-refractivity contribution in [2.75, 3.05) is 19.7 Å². The SMILES string of the molecule is Cc1ccc2cc(C(=O)N3CCCC(C)(CO)C3)[nH]c2c1. The van der Waals surface area contributed by atoms with Crippen LogP contribution in [0.25, 0.3) is 10.9 Å². The minimum Gasteiger partial charge on any atom is -0.396 e. The average molecular weight is 286 g/mol. The van der Waals surface area contributed by atoms with Gasteiger partial charge in [-0.25, -0.2) is 0 Å². The molecule has 1 aliphatic heterocycles. The molecule has 4 heteroatoms. The Morgan fingerprint density at radius 1 is 1.43 bits per heavy atom. The van der Waals surface area contributed by atoms with Gasteiger partial charge >= 0.3 is 0 Å². The van der Waals surface area contributed by atoms with Crippen molar-refractivity contribution in [3.05, 3.63) is 35.5 Å². The van der Waals surface area contributed by atoms with E-state index >= 15 is 0 Å². The van der Waals surface area contributed by atoms with Crippen molar-refractivity contribution in [3.8, 4) is 0 Å². The lowest BCUT2D eigenvalue weighted by Gasteiger charge is -2.39. The predicted molar refractivity (Wildman–Crippen MR) is 83.4 cm³/mol. The zero-order chi connectivity index (χ0) is 15.0. The van der Waals surface area contributed by atoms with Crippen LogP contribution < -0.4 is 0 Å². The Hall–Kier alpha value is -1.81. The summed E-state index contributed by atoms with van der Waals surface area (Å²) in [6.07, 6.45) is 1.92. The highest BCUT2D eigenvalue weighted by molar-refractivity contribution is 5.98. The van der Waals surface area contributed by atoms with Gasteiger partial charge in [-0.3, -0.25) is 4.79 Å². The van der Waals surface area contributed by atoms with Crippen LogP contribution in [0.5, 0.6) is 0 Å². The number of hydrogen-bond acceptors (Lipinski definition) is 2. The van der Waals surface area contributed by atoms with Gasteiger partial charge in [-0.2, -0.15) is 0 Å². The zero-order valence-corrected chi connectivity index (χ0v) is 12.6. The Morgan fingerprint density at radius 2 is 2.24 bits per heavy atom. The number of H-pyrrole nitrogens is 1. The minimum absolute atomic E-state index is 0.0308. The molecular formula is C17H22N2O2. The second kappa shape index (κ2) is 5.19. The van der Waals surface area contributed by atoms with Crippen LogP contribution in [0, 0.1) is 12.3 Å². The molecule has 1 aliphatic rings. The highest BCUT2D eigenvalue weighted by Crippen LogP contribution is 2.29. The number of likely N-dealkylation sites (tertiary alicyclic amines) is 1. The monoisotopic (exact) mass is 286 g/mol. The Morgan fingerprint density at radius 3 is 3.00 bits per heavy atom. The smallest absolute Gasteiger partial charge is 0.270 e. The number of piperidine rings is 1. The van der Waals surface area contributed by atoms with Crippen LogP contribution in [0.15, 0.2) is 24.3 Å². The van der Waals surface area contributed by atoms with Crippen LogP contribution in [-0.4, -0.2) is 40.6 Å². The highest BCUT2D eigenvalue weighted by atomic mass is 16.3. The van der Waals surface area contributed by atoms with Gasteiger partial charge in [0.1, 0.15) is 5.69 Å². The van der Waals surface area contributed by atoms with E-state index in [-0.39, 0.29) is 17.9 Å². The molecule has 1 aromatic carbocycles. The largest absolute Gasteiger partial charge is 0.396 e. The maximum absolute atomic E-state index is 12.7. The first-order valence-electron chi connectivity index (χ1n) is 7.50. The third-order valence-corrected chi connectivity index (χ3v) is 4.46. The number of aryl methyl sites for hydroxylation is 1. The van der Waals surface area contributed by atoms with Crippen molar-refractivity contribution in [2.24, 2.45) is 5.41 Å². The molecule has 1 saturated heterocycles. The molecule has 0 aliphatic carbocycles. The molecule has 0 saturated carbocycles. The van der Waals surface area contributed by atoms with E-state index in [1.54, 1.807) is 0 Å². The molecule has 4 nitrogen and oxygen atoms in total. The molecule has 1 amide bonds. The number of aliphatic hydroxyl groups is 1. The number of benzene rings is 1. The van der Waals surface area contributed by atoms with Crippen LogP contribution >= 0.6 is 0 Å². The van der Waals surface area contributed by atoms with Gasteiger partial charge in [-0.05, 0) is 37.5 Å². The predicted octanol–water partition coefficient (Wildman–Crippen LogP) is 2.71. The summed E-state index contributed by atoms with van der Waals surface area (Å²) in [7, 11) is 0. The van der Waals surface area contributed by atoms with Gasteiger partial charge < -0.3 is 15.0 Å². The fraction of sp³-hybridized carbons (Fsp3) is 0.471. The Bertz CT molecular complexity index is 676. The van der Waals surface area contributed by atoms with Crippen molar-refractivity contribution in [3.63, 3.8) is 0 Å². The lowest BCUT2D eigenvalue weighted by molar-refractivity contribution is 0.0354. The third kappa shape index (κ3) is 2.68. The van der Waals surface area contributed by atoms with Crippen LogP contribution in [0.2, 0.25) is 0 Å². The number of aliphatic hydroxyl groups excluding tert-OH is 1. The van der Waals surface area contributed by atoms with E-state index in [0.29, 0.717) is 12.2 Å². The van der Waals surface area contributed by atoms with Crippen molar-refractivity contribution >= 4 is 16.8 Å². The molecule has 2 N–H and O–H groups in total. The van der Waals surface area contributed by atoms with E-state index in [1.807, 2.05) is 36.9 Å². The van der Waals surface area contributed by atoms with Gasteiger partial charge in [0.25, 0.3) is 5.91 Å². The molecule has 2 heterocycles. The van der Waals surface area contributed by atoms with Crippen LogP contribution in [0.3, 0.4) is 0 Å². The van der Waals surface area contributed by atoms with Gasteiger partial charge in [0, 0.05) is 29.4 Å². The summed E-state index contributed by atoms with van der Waals surface area (Å²) < 4.78 is 0. The number of carbonyl (C=O) groups excluding carboxylic acids is 1. The number of aromatic nitrogens is 1. The number of nitrogens with one attached hydrogen (secondary N) is 1. The van der Waals surface area contributed by atoms with E-state index in [1.165, 1.54) is 5.56 Å². The first-order chi connectivity index (χ1) is 10.0. The molecule has 2 aromatic rings. The molecule has 1 fully saturated rings. The summed E-state index contributed by atoms with van der Waals surface area (Å²) in [5.74, 6) is 0.0308. The lowest BCUT2D eigenvalue weighted by Crippen LogP contribution is -2.46. The fourth-order valence-electron chi connectivity index (χ4n) is 3.14. The number of aromatic amines is 1. The van der Waals surface area contributed by atoms with E-state index < -0.39 is 0 Å². The lowest BCUT2D eigenvalue weighted by atomic mass is 9.83. The van der Waals surface area contributed by atoms with E-state index in [2.05, 4.69) is 11.1 Å². The van der Waals surface area contributed by atoms with Crippen LogP contribution in [-0.2, 0) is 0 Å². The van der Waals surface area contributed by atoms with Gasteiger partial charge in [0.05, 0.1) is 6.61 Å². The maximum Gasteiger partial charge on any atom is 0.270 e. The number of amides is 1. The molecule has 0 bridgehead atoms. The summed E-state index contributed by atoms with van der Waals surface area (Å²) in [6.45, 7) is 5.60. The van der Waals surface area contributed by atoms with Crippen molar-refractivity contribution in [2.45, 2.75) is 26.7 Å². The van der Waals surface area contributed by atoms with Gasteiger partial charge in [0.15, 0.2) is 0 Å². The second-order valence-electron chi connectivity index (χ2n) is 6.57. The number of fused-ring (bicyclic) bond motifs is 1. The Kier molecular flexibility index (Phi) is 3.49. The summed E-state index contributed by atoms with van der Waals surface area (Å²) >= 11 is 0. The first kappa shape index (κ1) is 14.1. The van der Waals surface area contributed by atoms with E-state index in [4.69, 9.17) is 0 Å². The molecule has 112 valence electrons. The van der Waals surface area contributed by atoms with Crippen LogP contribution in [0.4, 0.5) is 0 Å². The molecule has 1 atom stereocenters. The number of rotatable bonds is 2. The van der Waals surface area contributed by atoms with Gasteiger partial charge in [-0.1, -0.05) is 19.1 Å². The van der Waals surface area contributed by atoms with Crippen LogP contribution in [0.1, 0.15) is 35.8 Å². The topological polar surface area (TPSA) is 56.3 Å². The number of nitrogens with zero attached hydrogens (tertiary/aromatic N) is 1. The normalized spacial score (nSPS) is 22.7.